The Morgan fingerprint density at radius 1 is 1.17 bits per heavy atom. The molecule has 1 aromatic rings. The summed E-state index contributed by atoms with van der Waals surface area (Å²) in [6, 6.07) is 10.5. The number of hydrogen-bond donors (Lipinski definition) is 2. The second-order valence-corrected chi connectivity index (χ2v) is 8.10. The molecule has 0 saturated carbocycles. The summed E-state index contributed by atoms with van der Waals surface area (Å²) in [5.41, 5.74) is 1.14. The molecule has 1 saturated heterocycles. The minimum absolute atomic E-state index is 0.0196. The summed E-state index contributed by atoms with van der Waals surface area (Å²) in [7, 11) is 3.52. The van der Waals surface area contributed by atoms with Crippen LogP contribution in [0.4, 0.5) is 0 Å². The molecule has 0 radical (unpaired) electrons. The molecule has 0 aliphatic carbocycles. The highest BCUT2D eigenvalue weighted by atomic mass is 16.5. The third-order valence-corrected chi connectivity index (χ3v) is 4.98. The maximum Gasteiger partial charge on any atom is 0.241 e. The Bertz CT molecular complexity index is 627. The normalized spacial score (nSPS) is 16.5. The zero-order valence-corrected chi connectivity index (χ0v) is 18.4. The predicted molar refractivity (Wildman–Crippen MR) is 118 cm³/mol. The summed E-state index contributed by atoms with van der Waals surface area (Å²) in [4.78, 5) is 20.8. The minimum Gasteiger partial charge on any atom is -0.379 e. The highest BCUT2D eigenvalue weighted by Gasteiger charge is 2.22. The fourth-order valence-electron chi connectivity index (χ4n) is 3.31. The molecule has 0 spiro atoms. The van der Waals surface area contributed by atoms with Gasteiger partial charge in [0.05, 0.1) is 26.3 Å². The smallest absolute Gasteiger partial charge is 0.241 e. The third-order valence-electron chi connectivity index (χ3n) is 4.98. The Hall–Kier alpha value is -2.12. The lowest BCUT2D eigenvalue weighted by atomic mass is 10.0. The maximum absolute atomic E-state index is 12.0. The van der Waals surface area contributed by atoms with Crippen molar-refractivity contribution in [3.05, 3.63) is 35.9 Å². The van der Waals surface area contributed by atoms with Crippen molar-refractivity contribution in [1.29, 1.82) is 0 Å². The van der Waals surface area contributed by atoms with Gasteiger partial charge in [0.2, 0.25) is 5.91 Å². The van der Waals surface area contributed by atoms with Gasteiger partial charge in [-0.2, -0.15) is 0 Å². The van der Waals surface area contributed by atoms with Gasteiger partial charge >= 0.3 is 0 Å². The van der Waals surface area contributed by atoms with E-state index in [1.54, 1.807) is 19.0 Å². The third kappa shape index (κ3) is 8.83. The van der Waals surface area contributed by atoms with Crippen LogP contribution in [-0.2, 0) is 16.1 Å². The topological polar surface area (TPSA) is 69.2 Å². The minimum atomic E-state index is 0.0196. The average Bonchev–Trinajstić information content (AvgIpc) is 2.73. The summed E-state index contributed by atoms with van der Waals surface area (Å²) in [5.74, 6) is 1.30. The lowest BCUT2D eigenvalue weighted by Gasteiger charge is -2.35. The summed E-state index contributed by atoms with van der Waals surface area (Å²) in [5, 5.41) is 6.66. The molecule has 1 atom stereocenters. The van der Waals surface area contributed by atoms with Crippen LogP contribution in [0.2, 0.25) is 0 Å². The molecule has 0 bridgehead atoms. The Balaban J connectivity index is 2.01. The fourth-order valence-corrected chi connectivity index (χ4v) is 3.31. The first-order valence-corrected chi connectivity index (χ1v) is 10.5. The lowest BCUT2D eigenvalue weighted by Crippen LogP contribution is -2.51. The molecule has 29 heavy (non-hydrogen) atoms. The number of rotatable bonds is 9. The van der Waals surface area contributed by atoms with Crippen LogP contribution in [0.1, 0.15) is 25.8 Å². The van der Waals surface area contributed by atoms with Crippen molar-refractivity contribution in [3.8, 4) is 0 Å². The average molecular weight is 404 g/mol. The molecular weight excluding hydrogens is 366 g/mol. The van der Waals surface area contributed by atoms with Crippen LogP contribution in [0.5, 0.6) is 0 Å². The van der Waals surface area contributed by atoms with Crippen molar-refractivity contribution in [1.82, 2.24) is 20.4 Å². The maximum atomic E-state index is 12.0. The molecule has 1 aliphatic heterocycles. The van der Waals surface area contributed by atoms with Gasteiger partial charge < -0.3 is 20.3 Å². The van der Waals surface area contributed by atoms with Crippen molar-refractivity contribution in [2.45, 2.75) is 32.9 Å². The number of carbonyl (C=O) groups is 1. The molecule has 7 nitrogen and oxygen atoms in total. The van der Waals surface area contributed by atoms with E-state index in [1.807, 2.05) is 18.2 Å². The molecule has 1 aromatic carbocycles. The van der Waals surface area contributed by atoms with Crippen molar-refractivity contribution in [2.75, 3.05) is 53.5 Å². The van der Waals surface area contributed by atoms with E-state index in [0.29, 0.717) is 24.5 Å². The van der Waals surface area contributed by atoms with E-state index in [9.17, 15) is 4.79 Å². The zero-order chi connectivity index (χ0) is 21.1. The van der Waals surface area contributed by atoms with Crippen LogP contribution in [-0.4, -0.2) is 81.2 Å². The van der Waals surface area contributed by atoms with Crippen LogP contribution in [0.25, 0.3) is 0 Å². The van der Waals surface area contributed by atoms with Crippen LogP contribution in [0.15, 0.2) is 35.3 Å². The Morgan fingerprint density at radius 3 is 2.48 bits per heavy atom. The van der Waals surface area contributed by atoms with E-state index in [0.717, 1.165) is 44.8 Å². The number of benzene rings is 1. The molecule has 1 heterocycles. The number of hydrogen-bond acceptors (Lipinski definition) is 4. The standard InChI is InChI=1S/C22H37N5O2/c1-18(2)14-20(27-10-12-29-13-11-27)16-24-22(25-17-21(28)26(3)4)23-15-19-8-6-5-7-9-19/h5-9,18,20H,10-17H2,1-4H3,(H2,23,24,25). The highest BCUT2D eigenvalue weighted by molar-refractivity contribution is 5.86. The predicted octanol–water partition coefficient (Wildman–Crippen LogP) is 1.56. The van der Waals surface area contributed by atoms with Crippen molar-refractivity contribution in [2.24, 2.45) is 10.9 Å². The van der Waals surface area contributed by atoms with E-state index >= 15 is 0 Å². The van der Waals surface area contributed by atoms with Crippen LogP contribution in [0, 0.1) is 5.92 Å². The number of guanidine groups is 1. The molecule has 162 valence electrons. The number of carbonyl (C=O) groups excluding carboxylic acids is 1. The van der Waals surface area contributed by atoms with Crippen molar-refractivity contribution >= 4 is 11.9 Å². The second kappa shape index (κ2) is 12.4. The molecule has 1 unspecified atom stereocenters. The van der Waals surface area contributed by atoms with Gasteiger partial charge in [-0.25, -0.2) is 4.99 Å². The largest absolute Gasteiger partial charge is 0.379 e. The number of aliphatic imine (C=N–C) groups is 1. The van der Waals surface area contributed by atoms with Gasteiger partial charge in [0.25, 0.3) is 0 Å². The first-order valence-electron chi connectivity index (χ1n) is 10.5. The molecule has 1 aliphatic rings. The zero-order valence-electron chi connectivity index (χ0n) is 18.4. The molecule has 1 amide bonds. The fraction of sp³-hybridized carbons (Fsp3) is 0.636. The van der Waals surface area contributed by atoms with Gasteiger partial charge in [0.1, 0.15) is 0 Å². The van der Waals surface area contributed by atoms with Gasteiger partial charge in [-0.3, -0.25) is 9.69 Å². The summed E-state index contributed by atoms with van der Waals surface area (Å²) in [6.07, 6.45) is 1.11. The molecule has 2 rings (SSSR count). The highest BCUT2D eigenvalue weighted by Crippen LogP contribution is 2.13. The van der Waals surface area contributed by atoms with Gasteiger partial charge in [0.15, 0.2) is 5.96 Å². The first kappa shape index (κ1) is 23.2. The summed E-state index contributed by atoms with van der Waals surface area (Å²) >= 11 is 0. The summed E-state index contributed by atoms with van der Waals surface area (Å²) < 4.78 is 5.52. The Morgan fingerprint density at radius 2 is 1.86 bits per heavy atom. The quantitative estimate of drug-likeness (QED) is 0.484. The number of nitrogens with one attached hydrogen (secondary N) is 2. The lowest BCUT2D eigenvalue weighted by molar-refractivity contribution is -0.127. The van der Waals surface area contributed by atoms with Gasteiger partial charge in [-0.15, -0.1) is 0 Å². The SMILES string of the molecule is CC(C)CC(CNC(=NCc1ccccc1)NCC(=O)N(C)C)N1CCOCC1. The van der Waals surface area contributed by atoms with Crippen LogP contribution >= 0.6 is 0 Å². The number of amides is 1. The van der Waals surface area contributed by atoms with Crippen molar-refractivity contribution < 1.29 is 9.53 Å². The monoisotopic (exact) mass is 403 g/mol. The first-order chi connectivity index (χ1) is 14.0. The van der Waals surface area contributed by atoms with Gasteiger partial charge in [-0.05, 0) is 17.9 Å². The van der Waals surface area contributed by atoms with E-state index in [1.165, 1.54) is 0 Å². The van der Waals surface area contributed by atoms with Crippen molar-refractivity contribution in [3.63, 3.8) is 0 Å². The molecular formula is C22H37N5O2. The number of ether oxygens (including phenoxy) is 1. The number of nitrogens with zero attached hydrogens (tertiary/aromatic N) is 3. The van der Waals surface area contributed by atoms with E-state index in [2.05, 4.69) is 41.5 Å². The molecule has 2 N–H and O–H groups in total. The second-order valence-electron chi connectivity index (χ2n) is 8.10. The number of morpholine rings is 1. The van der Waals surface area contributed by atoms with E-state index in [4.69, 9.17) is 9.73 Å². The van der Waals surface area contributed by atoms with E-state index < -0.39 is 0 Å². The molecule has 0 aromatic heterocycles. The Labute approximate surface area is 175 Å². The Kier molecular flexibility index (Phi) is 9.94. The summed E-state index contributed by atoms with van der Waals surface area (Å²) in [6.45, 7) is 9.59. The van der Waals surface area contributed by atoms with Crippen LogP contribution in [0.3, 0.4) is 0 Å². The molecule has 1 fully saturated rings. The number of likely N-dealkylation sites (N-methyl/N-ethyl adjacent to an activating group) is 1. The van der Waals surface area contributed by atoms with Crippen LogP contribution < -0.4 is 10.6 Å². The molecule has 7 heteroatoms. The van der Waals surface area contributed by atoms with Gasteiger partial charge in [0, 0.05) is 39.8 Å². The van der Waals surface area contributed by atoms with E-state index in [-0.39, 0.29) is 12.5 Å². The van der Waals surface area contributed by atoms with Gasteiger partial charge in [-0.1, -0.05) is 44.2 Å².